The van der Waals surface area contributed by atoms with Crippen molar-refractivity contribution in [1.82, 2.24) is 15.1 Å². The fourth-order valence-electron chi connectivity index (χ4n) is 3.23. The topological polar surface area (TPSA) is 52.7 Å². The second-order valence-electron chi connectivity index (χ2n) is 7.11. The standard InChI is InChI=1S/C23H27N3O2/c1-19-6-5-9-20(16-19)10-11-23(28)26-14-12-25(13-15-26)18-22(27)24-17-21-7-3-2-4-8-21/h2-11,16H,12-15,17-18H2,1H3,(H,24,27)/b11-10+. The summed E-state index contributed by atoms with van der Waals surface area (Å²) in [5.74, 6) is 0.0395. The lowest BCUT2D eigenvalue weighted by Crippen LogP contribution is -2.50. The first kappa shape index (κ1) is 19.8. The highest BCUT2D eigenvalue weighted by Crippen LogP contribution is 2.08. The Balaban J connectivity index is 1.40. The molecule has 1 aliphatic rings. The lowest BCUT2D eigenvalue weighted by atomic mass is 10.1. The number of hydrogen-bond donors (Lipinski definition) is 1. The number of rotatable bonds is 6. The van der Waals surface area contributed by atoms with E-state index in [0.29, 0.717) is 39.3 Å². The molecule has 1 aliphatic heterocycles. The zero-order valence-electron chi connectivity index (χ0n) is 16.3. The maximum absolute atomic E-state index is 12.4. The lowest BCUT2D eigenvalue weighted by Gasteiger charge is -2.33. The summed E-state index contributed by atoms with van der Waals surface area (Å²) in [6.07, 6.45) is 3.50. The molecule has 28 heavy (non-hydrogen) atoms. The third-order valence-corrected chi connectivity index (χ3v) is 4.84. The molecule has 0 unspecified atom stereocenters. The fourth-order valence-corrected chi connectivity index (χ4v) is 3.23. The summed E-state index contributed by atoms with van der Waals surface area (Å²) in [6.45, 7) is 5.65. The van der Waals surface area contributed by atoms with E-state index in [-0.39, 0.29) is 11.8 Å². The molecule has 0 aliphatic carbocycles. The van der Waals surface area contributed by atoms with Crippen molar-refractivity contribution in [2.75, 3.05) is 32.7 Å². The van der Waals surface area contributed by atoms with Crippen LogP contribution >= 0.6 is 0 Å². The van der Waals surface area contributed by atoms with E-state index in [1.54, 1.807) is 6.08 Å². The van der Waals surface area contributed by atoms with E-state index in [4.69, 9.17) is 0 Å². The predicted octanol–water partition coefficient (Wildman–Crippen LogP) is 2.47. The van der Waals surface area contributed by atoms with Gasteiger partial charge in [0.05, 0.1) is 6.54 Å². The smallest absolute Gasteiger partial charge is 0.246 e. The van der Waals surface area contributed by atoms with Crippen LogP contribution in [0.5, 0.6) is 0 Å². The van der Waals surface area contributed by atoms with Gasteiger partial charge < -0.3 is 10.2 Å². The molecule has 0 radical (unpaired) electrons. The van der Waals surface area contributed by atoms with Crippen molar-refractivity contribution in [1.29, 1.82) is 0 Å². The zero-order chi connectivity index (χ0) is 19.8. The quantitative estimate of drug-likeness (QED) is 0.787. The molecule has 146 valence electrons. The van der Waals surface area contributed by atoms with Gasteiger partial charge in [-0.3, -0.25) is 14.5 Å². The zero-order valence-corrected chi connectivity index (χ0v) is 16.3. The summed E-state index contributed by atoms with van der Waals surface area (Å²) >= 11 is 0. The molecule has 1 heterocycles. The molecule has 0 aromatic heterocycles. The van der Waals surface area contributed by atoms with Crippen molar-refractivity contribution in [3.8, 4) is 0 Å². The highest BCUT2D eigenvalue weighted by Gasteiger charge is 2.21. The van der Waals surface area contributed by atoms with E-state index in [0.717, 1.165) is 11.1 Å². The van der Waals surface area contributed by atoms with E-state index in [2.05, 4.69) is 16.3 Å². The summed E-state index contributed by atoms with van der Waals surface area (Å²) in [7, 11) is 0. The molecule has 5 heteroatoms. The van der Waals surface area contributed by atoms with Crippen molar-refractivity contribution < 1.29 is 9.59 Å². The molecule has 0 saturated carbocycles. The number of hydrogen-bond acceptors (Lipinski definition) is 3. The predicted molar refractivity (Wildman–Crippen MR) is 112 cm³/mol. The Morgan fingerprint density at radius 3 is 2.46 bits per heavy atom. The largest absolute Gasteiger partial charge is 0.351 e. The van der Waals surface area contributed by atoms with E-state index in [1.165, 1.54) is 5.56 Å². The Bertz CT molecular complexity index is 825. The van der Waals surface area contributed by atoms with Crippen LogP contribution in [0.25, 0.3) is 6.08 Å². The molecule has 1 saturated heterocycles. The van der Waals surface area contributed by atoms with E-state index in [9.17, 15) is 9.59 Å². The molecule has 2 aromatic carbocycles. The number of piperazine rings is 1. The minimum Gasteiger partial charge on any atom is -0.351 e. The van der Waals surface area contributed by atoms with Gasteiger partial charge in [0.15, 0.2) is 0 Å². The highest BCUT2D eigenvalue weighted by atomic mass is 16.2. The van der Waals surface area contributed by atoms with Crippen LogP contribution in [-0.2, 0) is 16.1 Å². The van der Waals surface area contributed by atoms with E-state index in [1.807, 2.05) is 66.4 Å². The van der Waals surface area contributed by atoms with Crippen LogP contribution in [0.1, 0.15) is 16.7 Å². The maximum atomic E-state index is 12.4. The molecule has 0 spiro atoms. The maximum Gasteiger partial charge on any atom is 0.246 e. The lowest BCUT2D eigenvalue weighted by molar-refractivity contribution is -0.128. The summed E-state index contributed by atoms with van der Waals surface area (Å²) in [5.41, 5.74) is 3.29. The van der Waals surface area contributed by atoms with Crippen LogP contribution in [0.2, 0.25) is 0 Å². The van der Waals surface area contributed by atoms with Gasteiger partial charge in [0.25, 0.3) is 0 Å². The van der Waals surface area contributed by atoms with Crippen molar-refractivity contribution >= 4 is 17.9 Å². The van der Waals surface area contributed by atoms with Crippen molar-refractivity contribution in [2.24, 2.45) is 0 Å². The Morgan fingerprint density at radius 1 is 1.00 bits per heavy atom. The number of carbonyl (C=O) groups is 2. The van der Waals surface area contributed by atoms with Crippen LogP contribution in [-0.4, -0.2) is 54.3 Å². The fraction of sp³-hybridized carbons (Fsp3) is 0.304. The second kappa shape index (κ2) is 9.85. The second-order valence-corrected chi connectivity index (χ2v) is 7.11. The normalized spacial score (nSPS) is 15.0. The highest BCUT2D eigenvalue weighted by molar-refractivity contribution is 5.91. The van der Waals surface area contributed by atoms with Crippen LogP contribution in [0, 0.1) is 6.92 Å². The van der Waals surface area contributed by atoms with Gasteiger partial charge in [0.2, 0.25) is 11.8 Å². The van der Waals surface area contributed by atoms with Crippen molar-refractivity contribution in [3.05, 3.63) is 77.4 Å². The average Bonchev–Trinajstić information content (AvgIpc) is 2.72. The van der Waals surface area contributed by atoms with Crippen molar-refractivity contribution in [2.45, 2.75) is 13.5 Å². The van der Waals surface area contributed by atoms with Gasteiger partial charge >= 0.3 is 0 Å². The van der Waals surface area contributed by atoms with Gasteiger partial charge in [-0.15, -0.1) is 0 Å². The molecule has 1 fully saturated rings. The first-order valence-electron chi connectivity index (χ1n) is 9.67. The SMILES string of the molecule is Cc1cccc(/C=C/C(=O)N2CCN(CC(=O)NCc3ccccc3)CC2)c1. The van der Waals surface area contributed by atoms with Crippen LogP contribution in [0.4, 0.5) is 0 Å². The average molecular weight is 377 g/mol. The van der Waals surface area contributed by atoms with Gasteiger partial charge in [0, 0.05) is 38.8 Å². The van der Waals surface area contributed by atoms with Gasteiger partial charge in [-0.2, -0.15) is 0 Å². The molecule has 3 rings (SSSR count). The number of carbonyl (C=O) groups excluding carboxylic acids is 2. The first-order chi connectivity index (χ1) is 13.6. The van der Waals surface area contributed by atoms with Gasteiger partial charge in [-0.25, -0.2) is 0 Å². The van der Waals surface area contributed by atoms with E-state index < -0.39 is 0 Å². The first-order valence-corrected chi connectivity index (χ1v) is 9.67. The Kier molecular flexibility index (Phi) is 6.98. The molecule has 2 aromatic rings. The number of nitrogens with zero attached hydrogens (tertiary/aromatic N) is 2. The Hall–Kier alpha value is -2.92. The summed E-state index contributed by atoms with van der Waals surface area (Å²) in [4.78, 5) is 28.5. The van der Waals surface area contributed by atoms with Crippen LogP contribution < -0.4 is 5.32 Å². The van der Waals surface area contributed by atoms with E-state index >= 15 is 0 Å². The molecule has 2 amide bonds. The van der Waals surface area contributed by atoms with Crippen molar-refractivity contribution in [3.63, 3.8) is 0 Å². The number of amides is 2. The molecular formula is C23H27N3O2. The summed E-state index contributed by atoms with van der Waals surface area (Å²) in [6, 6.07) is 17.9. The number of aryl methyl sites for hydroxylation is 1. The molecule has 1 N–H and O–H groups in total. The molecule has 0 atom stereocenters. The third-order valence-electron chi connectivity index (χ3n) is 4.84. The van der Waals surface area contributed by atoms with Crippen LogP contribution in [0.15, 0.2) is 60.7 Å². The van der Waals surface area contributed by atoms with Crippen LogP contribution in [0.3, 0.4) is 0 Å². The summed E-state index contributed by atoms with van der Waals surface area (Å²) < 4.78 is 0. The monoisotopic (exact) mass is 377 g/mol. The van der Waals surface area contributed by atoms with Gasteiger partial charge in [-0.1, -0.05) is 60.2 Å². The Morgan fingerprint density at radius 2 is 1.75 bits per heavy atom. The number of benzene rings is 2. The van der Waals surface area contributed by atoms with Gasteiger partial charge in [-0.05, 0) is 24.1 Å². The molecular weight excluding hydrogens is 350 g/mol. The molecule has 5 nitrogen and oxygen atoms in total. The number of nitrogens with one attached hydrogen (secondary N) is 1. The Labute approximate surface area is 166 Å². The van der Waals surface area contributed by atoms with Gasteiger partial charge in [0.1, 0.15) is 0 Å². The molecule has 0 bridgehead atoms. The minimum absolute atomic E-state index is 0.0166. The third kappa shape index (κ3) is 6.06. The minimum atomic E-state index is 0.0166. The summed E-state index contributed by atoms with van der Waals surface area (Å²) in [5, 5.41) is 2.95.